The predicted octanol–water partition coefficient (Wildman–Crippen LogP) is 2.69. The quantitative estimate of drug-likeness (QED) is 0.859. The van der Waals surface area contributed by atoms with Gasteiger partial charge in [-0.15, -0.1) is 0 Å². The minimum atomic E-state index is -0.333. The van der Waals surface area contributed by atoms with E-state index in [1.54, 1.807) is 7.11 Å². The number of rotatable bonds is 4. The topological polar surface area (TPSA) is 57.0 Å². The number of likely N-dealkylation sites (tertiary alicyclic amines) is 1. The smallest absolute Gasteiger partial charge is 0.171 e. The van der Waals surface area contributed by atoms with Gasteiger partial charge in [0.2, 0.25) is 0 Å². The zero-order valence-corrected chi connectivity index (χ0v) is 13.9. The van der Waals surface area contributed by atoms with Gasteiger partial charge in [0.05, 0.1) is 26.5 Å². The van der Waals surface area contributed by atoms with Crippen LogP contribution in [-0.2, 0) is 16.0 Å². The summed E-state index contributed by atoms with van der Waals surface area (Å²) in [4.78, 5) is 2.40. The predicted molar refractivity (Wildman–Crippen MR) is 87.6 cm³/mol. The molecule has 0 N–H and O–H groups in total. The van der Waals surface area contributed by atoms with Crippen molar-refractivity contribution in [1.29, 1.82) is 0 Å². The molecule has 6 nitrogen and oxygen atoms in total. The van der Waals surface area contributed by atoms with Gasteiger partial charge >= 0.3 is 0 Å². The Hall–Kier alpha value is -1.89. The highest BCUT2D eigenvalue weighted by molar-refractivity contribution is 5.62. The molecule has 2 aliphatic rings. The molecule has 3 heterocycles. The van der Waals surface area contributed by atoms with E-state index in [0.717, 1.165) is 55.1 Å². The molecule has 0 bridgehead atoms. The molecular weight excluding hydrogens is 308 g/mol. The van der Waals surface area contributed by atoms with Crippen LogP contribution in [0, 0.1) is 0 Å². The molecular formula is C18H22N2O4. The van der Waals surface area contributed by atoms with E-state index in [9.17, 15) is 0 Å². The summed E-state index contributed by atoms with van der Waals surface area (Å²) in [6.07, 6.45) is 3.63. The average Bonchev–Trinajstić information content (AvgIpc) is 3.27. The molecule has 24 heavy (non-hydrogen) atoms. The Balaban J connectivity index is 1.45. The van der Waals surface area contributed by atoms with Gasteiger partial charge < -0.3 is 18.7 Å². The Morgan fingerprint density at radius 3 is 2.75 bits per heavy atom. The van der Waals surface area contributed by atoms with Gasteiger partial charge in [0.15, 0.2) is 11.5 Å². The summed E-state index contributed by atoms with van der Waals surface area (Å²) < 4.78 is 22.4. The molecule has 1 spiro atoms. The van der Waals surface area contributed by atoms with Crippen LogP contribution in [0.2, 0.25) is 0 Å². The van der Waals surface area contributed by atoms with Gasteiger partial charge in [-0.2, -0.15) is 0 Å². The van der Waals surface area contributed by atoms with E-state index < -0.39 is 0 Å². The first kappa shape index (κ1) is 15.6. The third-order valence-electron chi connectivity index (χ3n) is 4.80. The summed E-state index contributed by atoms with van der Waals surface area (Å²) in [6, 6.07) is 7.86. The van der Waals surface area contributed by atoms with Crippen molar-refractivity contribution in [2.24, 2.45) is 0 Å². The van der Waals surface area contributed by atoms with E-state index in [4.69, 9.17) is 18.7 Å². The molecule has 0 radical (unpaired) electrons. The van der Waals surface area contributed by atoms with Crippen molar-refractivity contribution in [3.63, 3.8) is 0 Å². The Bertz CT molecular complexity index is 684. The van der Waals surface area contributed by atoms with Crippen LogP contribution >= 0.6 is 0 Å². The normalized spacial score (nSPS) is 20.5. The third kappa shape index (κ3) is 3.05. The molecule has 2 aliphatic heterocycles. The lowest BCUT2D eigenvalue weighted by Gasteiger charge is -2.37. The van der Waals surface area contributed by atoms with Gasteiger partial charge in [-0.1, -0.05) is 17.3 Å². The van der Waals surface area contributed by atoms with Crippen molar-refractivity contribution in [2.75, 3.05) is 33.4 Å². The Kier molecular flexibility index (Phi) is 4.26. The number of aromatic nitrogens is 1. The summed E-state index contributed by atoms with van der Waals surface area (Å²) in [5.74, 6) is 1.29. The third-order valence-corrected chi connectivity index (χ3v) is 4.80. The SMILES string of the molecule is COc1cccc(-c2oncc2CN2CCC3(CC2)OCCO3)c1. The van der Waals surface area contributed by atoms with Crippen LogP contribution in [0.5, 0.6) is 5.75 Å². The van der Waals surface area contributed by atoms with Crippen LogP contribution in [0.1, 0.15) is 18.4 Å². The van der Waals surface area contributed by atoms with Gasteiger partial charge in [-0.25, -0.2) is 0 Å². The standard InChI is InChI=1S/C18H22N2O4/c1-21-16-4-2-3-14(11-16)17-15(12-19-24-17)13-20-7-5-18(6-8-20)22-9-10-23-18/h2-4,11-12H,5-10,13H2,1H3. The fourth-order valence-corrected chi connectivity index (χ4v) is 3.45. The zero-order valence-electron chi connectivity index (χ0n) is 13.9. The Morgan fingerprint density at radius 1 is 1.21 bits per heavy atom. The fraction of sp³-hybridized carbons (Fsp3) is 0.500. The number of piperidine rings is 1. The van der Waals surface area contributed by atoms with E-state index >= 15 is 0 Å². The molecule has 1 aromatic heterocycles. The molecule has 6 heteroatoms. The van der Waals surface area contributed by atoms with Crippen molar-refractivity contribution in [1.82, 2.24) is 10.1 Å². The van der Waals surface area contributed by atoms with E-state index in [-0.39, 0.29) is 5.79 Å². The molecule has 0 aliphatic carbocycles. The summed E-state index contributed by atoms with van der Waals surface area (Å²) in [6.45, 7) is 4.13. The molecule has 0 amide bonds. The van der Waals surface area contributed by atoms with Gasteiger partial charge in [-0.3, -0.25) is 4.90 Å². The first-order valence-corrected chi connectivity index (χ1v) is 8.36. The lowest BCUT2D eigenvalue weighted by Crippen LogP contribution is -2.44. The summed E-state index contributed by atoms with van der Waals surface area (Å²) in [5, 5.41) is 4.00. The number of ether oxygens (including phenoxy) is 3. The van der Waals surface area contributed by atoms with Gasteiger partial charge in [0.25, 0.3) is 0 Å². The monoisotopic (exact) mass is 330 g/mol. The molecule has 0 unspecified atom stereocenters. The second kappa shape index (κ2) is 6.55. The highest BCUT2D eigenvalue weighted by atomic mass is 16.7. The zero-order chi connectivity index (χ0) is 16.4. The molecule has 0 saturated carbocycles. The fourth-order valence-electron chi connectivity index (χ4n) is 3.45. The molecule has 2 aromatic rings. The van der Waals surface area contributed by atoms with Crippen molar-refractivity contribution < 1.29 is 18.7 Å². The molecule has 128 valence electrons. The number of methoxy groups -OCH3 is 1. The van der Waals surface area contributed by atoms with E-state index in [1.807, 2.05) is 30.5 Å². The van der Waals surface area contributed by atoms with Crippen molar-refractivity contribution >= 4 is 0 Å². The van der Waals surface area contributed by atoms with Gasteiger partial charge in [-0.05, 0) is 12.1 Å². The summed E-state index contributed by atoms with van der Waals surface area (Å²) >= 11 is 0. The maximum Gasteiger partial charge on any atom is 0.171 e. The second-order valence-electron chi connectivity index (χ2n) is 6.30. The largest absolute Gasteiger partial charge is 0.497 e. The number of benzene rings is 1. The number of hydrogen-bond acceptors (Lipinski definition) is 6. The van der Waals surface area contributed by atoms with Crippen molar-refractivity contribution in [3.8, 4) is 17.1 Å². The first-order valence-electron chi connectivity index (χ1n) is 8.36. The maximum atomic E-state index is 5.79. The second-order valence-corrected chi connectivity index (χ2v) is 6.30. The molecule has 4 rings (SSSR count). The maximum absolute atomic E-state index is 5.79. The minimum Gasteiger partial charge on any atom is -0.497 e. The van der Waals surface area contributed by atoms with Gasteiger partial charge in [0.1, 0.15) is 5.75 Å². The summed E-state index contributed by atoms with van der Waals surface area (Å²) in [5.41, 5.74) is 2.07. The summed E-state index contributed by atoms with van der Waals surface area (Å²) in [7, 11) is 1.66. The van der Waals surface area contributed by atoms with Crippen molar-refractivity contribution in [2.45, 2.75) is 25.2 Å². The lowest BCUT2D eigenvalue weighted by molar-refractivity contribution is -0.185. The molecule has 2 saturated heterocycles. The van der Waals surface area contributed by atoms with Crippen LogP contribution in [0.25, 0.3) is 11.3 Å². The first-order chi connectivity index (χ1) is 11.8. The Morgan fingerprint density at radius 2 is 2.00 bits per heavy atom. The molecule has 0 atom stereocenters. The van der Waals surface area contributed by atoms with Crippen LogP contribution in [-0.4, -0.2) is 49.3 Å². The average molecular weight is 330 g/mol. The van der Waals surface area contributed by atoms with Gasteiger partial charge in [0, 0.05) is 43.6 Å². The lowest BCUT2D eigenvalue weighted by atomic mass is 10.0. The Labute approximate surface area is 141 Å². The number of hydrogen-bond donors (Lipinski definition) is 0. The minimum absolute atomic E-state index is 0.333. The highest BCUT2D eigenvalue weighted by Crippen LogP contribution is 2.33. The van der Waals surface area contributed by atoms with E-state index in [1.165, 1.54) is 0 Å². The van der Waals surface area contributed by atoms with Crippen LogP contribution in [0.3, 0.4) is 0 Å². The van der Waals surface area contributed by atoms with Crippen LogP contribution in [0.15, 0.2) is 35.0 Å². The van der Waals surface area contributed by atoms with E-state index in [0.29, 0.717) is 13.2 Å². The molecule has 2 fully saturated rings. The van der Waals surface area contributed by atoms with E-state index in [2.05, 4.69) is 10.1 Å². The highest BCUT2D eigenvalue weighted by Gasteiger charge is 2.39. The van der Waals surface area contributed by atoms with Crippen LogP contribution in [0.4, 0.5) is 0 Å². The number of nitrogens with zero attached hydrogens (tertiary/aromatic N) is 2. The van der Waals surface area contributed by atoms with Crippen molar-refractivity contribution in [3.05, 3.63) is 36.0 Å². The van der Waals surface area contributed by atoms with Crippen LogP contribution < -0.4 is 4.74 Å². The molecule has 1 aromatic carbocycles.